The molecule has 136 valence electrons. The molecule has 2 amide bonds. The number of phenolic OH excluding ortho intramolecular Hbond substituents is 1. The van der Waals surface area contributed by atoms with Gasteiger partial charge in [0, 0.05) is 16.3 Å². The summed E-state index contributed by atoms with van der Waals surface area (Å²) in [5.41, 5.74) is 2.96. The Morgan fingerprint density at radius 1 is 1.12 bits per heavy atom. The molecule has 0 unspecified atom stereocenters. The van der Waals surface area contributed by atoms with Crippen molar-refractivity contribution in [1.29, 1.82) is 0 Å². The molecule has 3 N–H and O–H groups in total. The molecule has 0 fully saturated rings. The van der Waals surface area contributed by atoms with Crippen molar-refractivity contribution in [3.63, 3.8) is 0 Å². The lowest BCUT2D eigenvalue weighted by Gasteiger charge is -2.09. The number of benzene rings is 2. The van der Waals surface area contributed by atoms with Crippen molar-refractivity contribution in [3.8, 4) is 17.2 Å². The molecule has 0 radical (unpaired) electrons. The molecule has 8 nitrogen and oxygen atoms in total. The fourth-order valence-electron chi connectivity index (χ4n) is 1.96. The predicted molar refractivity (Wildman–Crippen MR) is 97.0 cm³/mol. The van der Waals surface area contributed by atoms with E-state index >= 15 is 0 Å². The van der Waals surface area contributed by atoms with E-state index in [1.165, 1.54) is 38.6 Å². The average Bonchev–Trinajstić information content (AvgIpc) is 2.62. The SMILES string of the molecule is COc1cc(/C=N/NC(=O)C(=O)Nc2cccc(Cl)c2)cc(OC)c1O. The van der Waals surface area contributed by atoms with Crippen LogP contribution in [0.15, 0.2) is 41.5 Å². The molecular formula is C17H16ClN3O5. The summed E-state index contributed by atoms with van der Waals surface area (Å²) < 4.78 is 10.0. The van der Waals surface area contributed by atoms with Crippen LogP contribution in [0.3, 0.4) is 0 Å². The first kappa shape index (κ1) is 19.1. The fraction of sp³-hybridized carbons (Fsp3) is 0.118. The molecule has 0 aliphatic rings. The number of hydrogen-bond acceptors (Lipinski definition) is 6. The molecule has 2 aromatic rings. The first-order chi connectivity index (χ1) is 12.4. The van der Waals surface area contributed by atoms with Crippen LogP contribution in [0.25, 0.3) is 0 Å². The molecule has 0 aliphatic carbocycles. The topological polar surface area (TPSA) is 109 Å². The first-order valence-electron chi connectivity index (χ1n) is 7.29. The van der Waals surface area contributed by atoms with Crippen LogP contribution in [0.2, 0.25) is 5.02 Å². The lowest BCUT2D eigenvalue weighted by molar-refractivity contribution is -0.136. The molecule has 0 bridgehead atoms. The number of nitrogens with one attached hydrogen (secondary N) is 2. The van der Waals surface area contributed by atoms with Gasteiger partial charge in [-0.15, -0.1) is 0 Å². The maximum absolute atomic E-state index is 11.8. The van der Waals surface area contributed by atoms with Crippen LogP contribution >= 0.6 is 11.6 Å². The van der Waals surface area contributed by atoms with Crippen molar-refractivity contribution in [1.82, 2.24) is 5.43 Å². The first-order valence-corrected chi connectivity index (χ1v) is 7.67. The highest BCUT2D eigenvalue weighted by Crippen LogP contribution is 2.36. The van der Waals surface area contributed by atoms with Gasteiger partial charge in [0.05, 0.1) is 20.4 Å². The van der Waals surface area contributed by atoms with Crippen molar-refractivity contribution in [2.45, 2.75) is 0 Å². The number of rotatable bonds is 5. The van der Waals surface area contributed by atoms with Crippen LogP contribution in [0.4, 0.5) is 5.69 Å². The summed E-state index contributed by atoms with van der Waals surface area (Å²) in [7, 11) is 2.77. The third-order valence-electron chi connectivity index (χ3n) is 3.17. The van der Waals surface area contributed by atoms with E-state index < -0.39 is 11.8 Å². The maximum Gasteiger partial charge on any atom is 0.329 e. The van der Waals surface area contributed by atoms with Gasteiger partial charge in [-0.1, -0.05) is 17.7 Å². The second kappa shape index (κ2) is 8.72. The van der Waals surface area contributed by atoms with E-state index in [-0.39, 0.29) is 17.2 Å². The number of amides is 2. The molecule has 2 rings (SSSR count). The van der Waals surface area contributed by atoms with Gasteiger partial charge in [-0.2, -0.15) is 5.10 Å². The number of aromatic hydroxyl groups is 1. The van der Waals surface area contributed by atoms with Gasteiger partial charge in [0.1, 0.15) is 0 Å². The van der Waals surface area contributed by atoms with Gasteiger partial charge in [0.25, 0.3) is 0 Å². The van der Waals surface area contributed by atoms with Crippen LogP contribution in [-0.4, -0.2) is 37.4 Å². The summed E-state index contributed by atoms with van der Waals surface area (Å²) in [5, 5.41) is 16.4. The Morgan fingerprint density at radius 2 is 1.77 bits per heavy atom. The largest absolute Gasteiger partial charge is 0.502 e. The van der Waals surface area contributed by atoms with E-state index in [1.807, 2.05) is 0 Å². The van der Waals surface area contributed by atoms with E-state index in [1.54, 1.807) is 18.2 Å². The van der Waals surface area contributed by atoms with Crippen molar-refractivity contribution in [3.05, 3.63) is 47.0 Å². The molecule has 0 atom stereocenters. The third kappa shape index (κ3) is 4.87. The van der Waals surface area contributed by atoms with Gasteiger partial charge < -0.3 is 19.9 Å². The normalized spacial score (nSPS) is 10.4. The smallest absolute Gasteiger partial charge is 0.329 e. The van der Waals surface area contributed by atoms with Gasteiger partial charge in [0.15, 0.2) is 11.5 Å². The maximum atomic E-state index is 11.8. The van der Waals surface area contributed by atoms with Gasteiger partial charge >= 0.3 is 11.8 Å². The zero-order chi connectivity index (χ0) is 19.1. The van der Waals surface area contributed by atoms with Crippen LogP contribution in [0.5, 0.6) is 17.2 Å². The Hall–Kier alpha value is -3.26. The Kier molecular flexibility index (Phi) is 6.40. The molecule has 9 heteroatoms. The van der Waals surface area contributed by atoms with Crippen LogP contribution in [0.1, 0.15) is 5.56 Å². The number of carbonyl (C=O) groups is 2. The van der Waals surface area contributed by atoms with Crippen LogP contribution in [-0.2, 0) is 9.59 Å². The van der Waals surface area contributed by atoms with E-state index in [9.17, 15) is 14.7 Å². The number of hydrazone groups is 1. The van der Waals surface area contributed by atoms with Crippen molar-refractivity contribution < 1.29 is 24.2 Å². The van der Waals surface area contributed by atoms with E-state index in [0.29, 0.717) is 16.3 Å². The number of hydrogen-bond donors (Lipinski definition) is 3. The Morgan fingerprint density at radius 3 is 2.35 bits per heavy atom. The van der Waals surface area contributed by atoms with Crippen LogP contribution in [0, 0.1) is 0 Å². The summed E-state index contributed by atoms with van der Waals surface area (Å²) in [6.07, 6.45) is 1.27. The van der Waals surface area contributed by atoms with E-state index in [4.69, 9.17) is 21.1 Å². The lowest BCUT2D eigenvalue weighted by atomic mass is 10.2. The fourth-order valence-corrected chi connectivity index (χ4v) is 2.15. The summed E-state index contributed by atoms with van der Waals surface area (Å²) in [4.78, 5) is 23.6. The van der Waals surface area contributed by atoms with Gasteiger partial charge in [0.2, 0.25) is 5.75 Å². The predicted octanol–water partition coefficient (Wildman–Crippen LogP) is 2.15. The molecule has 0 aromatic heterocycles. The number of phenols is 1. The minimum Gasteiger partial charge on any atom is -0.502 e. The quantitative estimate of drug-likeness (QED) is 0.420. The monoisotopic (exact) mass is 377 g/mol. The number of methoxy groups -OCH3 is 2. The van der Waals surface area contributed by atoms with Crippen molar-refractivity contribution >= 4 is 35.3 Å². The highest BCUT2D eigenvalue weighted by atomic mass is 35.5. The summed E-state index contributed by atoms with van der Waals surface area (Å²) in [5.74, 6) is -1.66. The number of ether oxygens (including phenoxy) is 2. The minimum atomic E-state index is -0.959. The summed E-state index contributed by atoms with van der Waals surface area (Å²) >= 11 is 5.81. The second-order valence-corrected chi connectivity index (χ2v) is 5.37. The molecule has 0 spiro atoms. The minimum absolute atomic E-state index is 0.155. The lowest BCUT2D eigenvalue weighted by Crippen LogP contribution is -2.32. The molecule has 0 saturated heterocycles. The Labute approximate surface area is 154 Å². The van der Waals surface area contributed by atoms with Crippen LogP contribution < -0.4 is 20.2 Å². The number of halogens is 1. The molecule has 0 heterocycles. The zero-order valence-corrected chi connectivity index (χ0v) is 14.7. The Bertz CT molecular complexity index is 829. The highest BCUT2D eigenvalue weighted by Gasteiger charge is 2.13. The molecule has 0 saturated carbocycles. The highest BCUT2D eigenvalue weighted by molar-refractivity contribution is 6.39. The van der Waals surface area contributed by atoms with Crippen molar-refractivity contribution in [2.24, 2.45) is 5.10 Å². The summed E-state index contributed by atoms with van der Waals surface area (Å²) in [6, 6.07) is 9.35. The van der Waals surface area contributed by atoms with Crippen molar-refractivity contribution in [2.75, 3.05) is 19.5 Å². The number of nitrogens with zero attached hydrogens (tertiary/aromatic N) is 1. The van der Waals surface area contributed by atoms with E-state index in [0.717, 1.165) is 0 Å². The molecule has 26 heavy (non-hydrogen) atoms. The van der Waals surface area contributed by atoms with Gasteiger partial charge in [-0.25, -0.2) is 5.43 Å². The average molecular weight is 378 g/mol. The van der Waals surface area contributed by atoms with E-state index in [2.05, 4.69) is 15.8 Å². The Balaban J connectivity index is 2.01. The van der Waals surface area contributed by atoms with Gasteiger partial charge in [-0.3, -0.25) is 9.59 Å². The zero-order valence-electron chi connectivity index (χ0n) is 13.9. The number of carbonyl (C=O) groups excluding carboxylic acids is 2. The molecule has 0 aliphatic heterocycles. The third-order valence-corrected chi connectivity index (χ3v) is 3.41. The summed E-state index contributed by atoms with van der Waals surface area (Å²) in [6.45, 7) is 0. The second-order valence-electron chi connectivity index (χ2n) is 4.94. The van der Waals surface area contributed by atoms with Gasteiger partial charge in [-0.05, 0) is 30.3 Å². The number of anilines is 1. The standard InChI is InChI=1S/C17H16ClN3O5/c1-25-13-6-10(7-14(26-2)15(13)22)9-19-21-17(24)16(23)20-12-5-3-4-11(18)8-12/h3-9,22H,1-2H3,(H,20,23)(H,21,24)/b19-9+. The molecule has 2 aromatic carbocycles. The molecular weight excluding hydrogens is 362 g/mol.